The van der Waals surface area contributed by atoms with Crippen molar-refractivity contribution in [3.05, 3.63) is 53.3 Å². The molecule has 1 aromatic heterocycles. The maximum absolute atomic E-state index is 12.3. The maximum atomic E-state index is 12.3. The first kappa shape index (κ1) is 14.0. The van der Waals surface area contributed by atoms with Gasteiger partial charge in [0.1, 0.15) is 4.90 Å². The van der Waals surface area contributed by atoms with E-state index in [1.165, 1.54) is 12.1 Å². The Kier molecular flexibility index (Phi) is 3.40. The molecule has 0 aliphatic carbocycles. The SMILES string of the molecule is CNN1C(c2ccncc2)=NS(=O)(=O)c2ccc(Cl)cc21. The molecule has 1 aliphatic heterocycles. The molecule has 0 bridgehead atoms. The molecule has 0 saturated carbocycles. The van der Waals surface area contributed by atoms with Crippen LogP contribution in [0.15, 0.2) is 52.0 Å². The van der Waals surface area contributed by atoms with Gasteiger partial charge in [-0.1, -0.05) is 11.6 Å². The van der Waals surface area contributed by atoms with E-state index in [0.29, 0.717) is 16.3 Å². The van der Waals surface area contributed by atoms with Crippen LogP contribution in [0.1, 0.15) is 5.56 Å². The number of pyridine rings is 1. The number of amidine groups is 1. The number of hydrogen-bond donors (Lipinski definition) is 1. The highest BCUT2D eigenvalue weighted by atomic mass is 35.5. The van der Waals surface area contributed by atoms with Gasteiger partial charge in [-0.2, -0.15) is 8.42 Å². The molecule has 2 heterocycles. The van der Waals surface area contributed by atoms with Crippen molar-refractivity contribution in [2.24, 2.45) is 4.40 Å². The standard InChI is InChI=1S/C13H11ClN4O2S/c1-15-18-11-8-10(14)2-3-12(11)21(19,20)17-13(18)9-4-6-16-7-5-9/h2-8,15H,1H3. The fourth-order valence-electron chi connectivity index (χ4n) is 2.11. The predicted molar refractivity (Wildman–Crippen MR) is 81.0 cm³/mol. The molecule has 2 aromatic rings. The predicted octanol–water partition coefficient (Wildman–Crippen LogP) is 1.82. The highest BCUT2D eigenvalue weighted by Crippen LogP contribution is 2.33. The van der Waals surface area contributed by atoms with Crippen LogP contribution in [0.2, 0.25) is 5.02 Å². The van der Waals surface area contributed by atoms with Crippen LogP contribution in [0.25, 0.3) is 0 Å². The number of hydrazine groups is 1. The van der Waals surface area contributed by atoms with E-state index < -0.39 is 10.0 Å². The molecule has 0 fully saturated rings. The van der Waals surface area contributed by atoms with Crippen molar-refractivity contribution in [1.82, 2.24) is 10.4 Å². The minimum atomic E-state index is -3.77. The van der Waals surface area contributed by atoms with Crippen molar-refractivity contribution in [2.75, 3.05) is 12.1 Å². The summed E-state index contributed by atoms with van der Waals surface area (Å²) >= 11 is 5.99. The summed E-state index contributed by atoms with van der Waals surface area (Å²) in [4.78, 5) is 4.03. The number of fused-ring (bicyclic) bond motifs is 1. The minimum absolute atomic E-state index is 0.110. The molecular weight excluding hydrogens is 312 g/mol. The van der Waals surface area contributed by atoms with Crippen molar-refractivity contribution in [1.29, 1.82) is 0 Å². The Bertz CT molecular complexity index is 821. The zero-order valence-corrected chi connectivity index (χ0v) is 12.6. The lowest BCUT2D eigenvalue weighted by Gasteiger charge is -2.29. The van der Waals surface area contributed by atoms with Gasteiger partial charge < -0.3 is 0 Å². The third-order valence-electron chi connectivity index (χ3n) is 3.02. The third-order valence-corrected chi connectivity index (χ3v) is 4.57. The van der Waals surface area contributed by atoms with E-state index in [9.17, 15) is 8.42 Å². The van der Waals surface area contributed by atoms with Gasteiger partial charge in [0.05, 0.1) is 5.69 Å². The van der Waals surface area contributed by atoms with Crippen molar-refractivity contribution >= 4 is 33.1 Å². The smallest absolute Gasteiger partial charge is 0.265 e. The molecule has 1 aliphatic rings. The topological polar surface area (TPSA) is 74.7 Å². The number of aromatic nitrogens is 1. The molecule has 1 N–H and O–H groups in total. The average Bonchev–Trinajstić information content (AvgIpc) is 2.47. The molecule has 0 saturated heterocycles. The fourth-order valence-corrected chi connectivity index (χ4v) is 3.44. The molecule has 108 valence electrons. The highest BCUT2D eigenvalue weighted by Gasteiger charge is 2.31. The monoisotopic (exact) mass is 322 g/mol. The molecule has 3 rings (SSSR count). The molecular formula is C13H11ClN4O2S. The first-order valence-electron chi connectivity index (χ1n) is 6.05. The number of sulfonamides is 1. The number of nitrogens with zero attached hydrogens (tertiary/aromatic N) is 3. The largest absolute Gasteiger partial charge is 0.286 e. The van der Waals surface area contributed by atoms with Crippen LogP contribution in [-0.2, 0) is 10.0 Å². The zero-order valence-electron chi connectivity index (χ0n) is 11.0. The minimum Gasteiger partial charge on any atom is -0.265 e. The summed E-state index contributed by atoms with van der Waals surface area (Å²) in [6.45, 7) is 0. The van der Waals surface area contributed by atoms with E-state index in [1.54, 1.807) is 42.6 Å². The molecule has 21 heavy (non-hydrogen) atoms. The van der Waals surface area contributed by atoms with E-state index in [0.717, 1.165) is 0 Å². The Balaban J connectivity index is 2.26. The Labute approximate surface area is 127 Å². The number of nitrogens with one attached hydrogen (secondary N) is 1. The molecule has 1 aromatic carbocycles. The molecule has 6 nitrogen and oxygen atoms in total. The van der Waals surface area contributed by atoms with Gasteiger partial charge in [0.15, 0.2) is 5.84 Å². The van der Waals surface area contributed by atoms with Gasteiger partial charge in [-0.3, -0.25) is 9.99 Å². The number of anilines is 1. The summed E-state index contributed by atoms with van der Waals surface area (Å²) in [5.41, 5.74) is 4.00. The van der Waals surface area contributed by atoms with Crippen LogP contribution in [0.5, 0.6) is 0 Å². The molecule has 0 spiro atoms. The second-order valence-electron chi connectivity index (χ2n) is 4.30. The van der Waals surface area contributed by atoms with Crippen molar-refractivity contribution in [3.63, 3.8) is 0 Å². The van der Waals surface area contributed by atoms with Gasteiger partial charge in [0, 0.05) is 30.0 Å². The van der Waals surface area contributed by atoms with Gasteiger partial charge in [-0.05, 0) is 30.3 Å². The van der Waals surface area contributed by atoms with Crippen LogP contribution in [0.4, 0.5) is 5.69 Å². The van der Waals surface area contributed by atoms with Crippen LogP contribution in [-0.4, -0.2) is 26.3 Å². The summed E-state index contributed by atoms with van der Waals surface area (Å²) in [7, 11) is -2.09. The lowest BCUT2D eigenvalue weighted by atomic mass is 10.2. The Hall–Kier alpha value is -1.96. The summed E-state index contributed by atoms with van der Waals surface area (Å²) < 4.78 is 28.5. The van der Waals surface area contributed by atoms with Crippen molar-refractivity contribution < 1.29 is 8.42 Å². The Morgan fingerprint density at radius 1 is 1.19 bits per heavy atom. The van der Waals surface area contributed by atoms with Gasteiger partial charge >= 0.3 is 0 Å². The average molecular weight is 323 g/mol. The van der Waals surface area contributed by atoms with E-state index in [4.69, 9.17) is 11.6 Å². The van der Waals surface area contributed by atoms with Crippen LogP contribution in [0, 0.1) is 0 Å². The summed E-state index contributed by atoms with van der Waals surface area (Å²) in [5, 5.41) is 2.03. The molecule has 0 amide bonds. The molecule has 8 heteroatoms. The Morgan fingerprint density at radius 2 is 1.90 bits per heavy atom. The number of benzene rings is 1. The second kappa shape index (κ2) is 5.10. The fraction of sp³-hybridized carbons (Fsp3) is 0.0769. The van der Waals surface area contributed by atoms with Crippen LogP contribution >= 0.6 is 11.6 Å². The van der Waals surface area contributed by atoms with Crippen molar-refractivity contribution in [2.45, 2.75) is 4.90 Å². The summed E-state index contributed by atoms with van der Waals surface area (Å²) in [6.07, 6.45) is 3.15. The van der Waals surface area contributed by atoms with Gasteiger partial charge in [0.25, 0.3) is 10.0 Å². The normalized spacial score (nSPS) is 16.3. The highest BCUT2D eigenvalue weighted by molar-refractivity contribution is 7.90. The maximum Gasteiger partial charge on any atom is 0.286 e. The van der Waals surface area contributed by atoms with Crippen molar-refractivity contribution in [3.8, 4) is 0 Å². The van der Waals surface area contributed by atoms with Gasteiger partial charge in [0.2, 0.25) is 0 Å². The zero-order chi connectivity index (χ0) is 15.0. The Morgan fingerprint density at radius 3 is 2.57 bits per heavy atom. The van der Waals surface area contributed by atoms with E-state index >= 15 is 0 Å². The number of rotatable bonds is 2. The first-order chi connectivity index (χ1) is 10.0. The van der Waals surface area contributed by atoms with Crippen LogP contribution < -0.4 is 10.4 Å². The molecule has 0 atom stereocenters. The quantitative estimate of drug-likeness (QED) is 0.913. The number of hydrogen-bond acceptors (Lipinski definition) is 5. The number of halogens is 1. The van der Waals surface area contributed by atoms with Gasteiger partial charge in [-0.15, -0.1) is 4.40 Å². The van der Waals surface area contributed by atoms with Crippen LogP contribution in [0.3, 0.4) is 0 Å². The first-order valence-corrected chi connectivity index (χ1v) is 7.87. The van der Waals surface area contributed by atoms with Gasteiger partial charge in [-0.25, -0.2) is 5.43 Å². The lowest BCUT2D eigenvalue weighted by Crippen LogP contribution is -2.44. The summed E-state index contributed by atoms with van der Waals surface area (Å²) in [5.74, 6) is 0.273. The lowest BCUT2D eigenvalue weighted by molar-refractivity contribution is 0.596. The third kappa shape index (κ3) is 2.39. The summed E-state index contributed by atoms with van der Waals surface area (Å²) in [6, 6.07) is 7.94. The second-order valence-corrected chi connectivity index (χ2v) is 6.31. The molecule has 0 radical (unpaired) electrons. The van der Waals surface area contributed by atoms with E-state index in [2.05, 4.69) is 14.8 Å². The van der Waals surface area contributed by atoms with E-state index in [-0.39, 0.29) is 10.7 Å². The van der Waals surface area contributed by atoms with E-state index in [1.807, 2.05) is 0 Å². The molecule has 0 unspecified atom stereocenters.